The van der Waals surface area contributed by atoms with Crippen molar-refractivity contribution in [2.75, 3.05) is 6.54 Å². The number of hydrogen-bond donors (Lipinski definition) is 3. The third-order valence-corrected chi connectivity index (χ3v) is 2.25. The molecule has 1 atom stereocenters. The van der Waals surface area contributed by atoms with Crippen molar-refractivity contribution in [3.63, 3.8) is 0 Å². The monoisotopic (exact) mass is 259 g/mol. The summed E-state index contributed by atoms with van der Waals surface area (Å²) in [4.78, 5) is 21.8. The van der Waals surface area contributed by atoms with E-state index in [0.717, 1.165) is 6.07 Å². The molecule has 0 saturated carbocycles. The van der Waals surface area contributed by atoms with Crippen LogP contribution in [0.25, 0.3) is 0 Å². The lowest BCUT2D eigenvalue weighted by atomic mass is 10.1. The molecular weight excluding hydrogens is 248 g/mol. The Hall–Kier alpha value is -2.02. The van der Waals surface area contributed by atoms with Crippen LogP contribution in [-0.2, 0) is 4.79 Å². The first-order chi connectivity index (χ1) is 8.34. The van der Waals surface area contributed by atoms with E-state index in [9.17, 15) is 18.4 Å². The van der Waals surface area contributed by atoms with Gasteiger partial charge in [-0.1, -0.05) is 6.07 Å². The molecule has 1 aromatic rings. The van der Waals surface area contributed by atoms with Gasteiger partial charge >= 0.3 is 5.97 Å². The van der Waals surface area contributed by atoms with E-state index in [1.807, 2.05) is 5.32 Å². The molecule has 0 heterocycles. The number of carbonyl (C=O) groups excluding carboxylic acids is 1. The third-order valence-electron chi connectivity index (χ3n) is 2.25. The largest absolute Gasteiger partial charge is 0.479 e. The van der Waals surface area contributed by atoms with Crippen LogP contribution in [0.15, 0.2) is 12.1 Å². The maximum Gasteiger partial charge on any atom is 0.334 e. The molecule has 7 heteroatoms. The second-order valence-corrected chi connectivity index (χ2v) is 3.62. The minimum absolute atomic E-state index is 0.0836. The Kier molecular flexibility index (Phi) is 4.33. The van der Waals surface area contributed by atoms with Crippen molar-refractivity contribution in [1.29, 1.82) is 0 Å². The number of aliphatic hydroxyl groups is 1. The van der Waals surface area contributed by atoms with E-state index in [1.54, 1.807) is 0 Å². The number of nitrogens with one attached hydrogen (secondary N) is 1. The predicted molar refractivity (Wildman–Crippen MR) is 57.1 cm³/mol. The second-order valence-electron chi connectivity index (χ2n) is 3.62. The fourth-order valence-electron chi connectivity index (χ4n) is 1.23. The van der Waals surface area contributed by atoms with Gasteiger partial charge in [-0.3, -0.25) is 4.79 Å². The first-order valence-electron chi connectivity index (χ1n) is 4.98. The van der Waals surface area contributed by atoms with Crippen molar-refractivity contribution in [2.24, 2.45) is 0 Å². The zero-order valence-corrected chi connectivity index (χ0v) is 9.41. The normalized spacial score (nSPS) is 12.0. The molecule has 0 radical (unpaired) electrons. The van der Waals surface area contributed by atoms with E-state index in [1.165, 1.54) is 13.0 Å². The van der Waals surface area contributed by atoms with E-state index in [-0.39, 0.29) is 5.56 Å². The minimum Gasteiger partial charge on any atom is -0.479 e. The molecule has 0 aliphatic rings. The lowest BCUT2D eigenvalue weighted by Gasteiger charge is -2.10. The van der Waals surface area contributed by atoms with Crippen LogP contribution in [0.3, 0.4) is 0 Å². The Bertz CT molecular complexity index is 490. The summed E-state index contributed by atoms with van der Waals surface area (Å²) >= 11 is 0. The van der Waals surface area contributed by atoms with Crippen LogP contribution in [0, 0.1) is 18.6 Å². The van der Waals surface area contributed by atoms with Crippen molar-refractivity contribution in [3.8, 4) is 0 Å². The van der Waals surface area contributed by atoms with Gasteiger partial charge in [0.2, 0.25) is 0 Å². The highest BCUT2D eigenvalue weighted by atomic mass is 19.1. The van der Waals surface area contributed by atoms with Crippen LogP contribution in [0.4, 0.5) is 8.78 Å². The molecule has 1 aromatic carbocycles. The van der Waals surface area contributed by atoms with Gasteiger partial charge in [-0.05, 0) is 18.6 Å². The summed E-state index contributed by atoms with van der Waals surface area (Å²) in [7, 11) is 0. The van der Waals surface area contributed by atoms with Crippen molar-refractivity contribution >= 4 is 11.9 Å². The van der Waals surface area contributed by atoms with Crippen molar-refractivity contribution in [2.45, 2.75) is 13.0 Å². The summed E-state index contributed by atoms with van der Waals surface area (Å²) in [5, 5.41) is 19.2. The van der Waals surface area contributed by atoms with E-state index in [2.05, 4.69) is 0 Å². The van der Waals surface area contributed by atoms with Crippen molar-refractivity contribution < 1.29 is 28.6 Å². The highest BCUT2D eigenvalue weighted by molar-refractivity contribution is 5.95. The number of benzene rings is 1. The fraction of sp³-hybridized carbons (Fsp3) is 0.273. The lowest BCUT2D eigenvalue weighted by molar-refractivity contribution is -0.146. The van der Waals surface area contributed by atoms with Crippen molar-refractivity contribution in [1.82, 2.24) is 5.32 Å². The van der Waals surface area contributed by atoms with Crippen LogP contribution in [0.5, 0.6) is 0 Å². The summed E-state index contributed by atoms with van der Waals surface area (Å²) < 4.78 is 26.8. The van der Waals surface area contributed by atoms with Crippen LogP contribution in [0.2, 0.25) is 0 Å². The van der Waals surface area contributed by atoms with Gasteiger partial charge in [0.25, 0.3) is 5.91 Å². The SMILES string of the molecule is Cc1ccc(F)c(C(=O)NCC(O)C(=O)O)c1F. The molecule has 0 bridgehead atoms. The van der Waals surface area contributed by atoms with E-state index >= 15 is 0 Å². The molecule has 1 unspecified atom stereocenters. The number of aliphatic hydroxyl groups excluding tert-OH is 1. The molecule has 0 fully saturated rings. The van der Waals surface area contributed by atoms with Gasteiger partial charge in [-0.15, -0.1) is 0 Å². The van der Waals surface area contributed by atoms with Gasteiger partial charge in [-0.2, -0.15) is 0 Å². The number of aliphatic carboxylic acids is 1. The molecule has 5 nitrogen and oxygen atoms in total. The molecule has 1 amide bonds. The van der Waals surface area contributed by atoms with Gasteiger partial charge in [0.15, 0.2) is 6.10 Å². The van der Waals surface area contributed by atoms with Crippen LogP contribution < -0.4 is 5.32 Å². The standard InChI is InChI=1S/C11H11F2NO4/c1-5-2-3-6(12)8(9(5)13)10(16)14-4-7(15)11(17)18/h2-3,7,15H,4H2,1H3,(H,14,16)(H,17,18). The molecular formula is C11H11F2NO4. The number of aryl methyl sites for hydroxylation is 1. The summed E-state index contributed by atoms with van der Waals surface area (Å²) in [6.45, 7) is 0.721. The number of carboxylic acid groups (broad SMARTS) is 1. The number of halogens is 2. The highest BCUT2D eigenvalue weighted by Crippen LogP contribution is 2.15. The number of hydrogen-bond acceptors (Lipinski definition) is 3. The molecule has 18 heavy (non-hydrogen) atoms. The van der Waals surface area contributed by atoms with E-state index < -0.39 is 41.7 Å². The Morgan fingerprint density at radius 1 is 1.39 bits per heavy atom. The fourth-order valence-corrected chi connectivity index (χ4v) is 1.23. The summed E-state index contributed by atoms with van der Waals surface area (Å²) in [5.41, 5.74) is -0.715. The summed E-state index contributed by atoms with van der Waals surface area (Å²) in [6.07, 6.45) is -1.83. The number of carboxylic acids is 1. The minimum atomic E-state index is -1.83. The number of amides is 1. The van der Waals surface area contributed by atoms with Crippen LogP contribution in [-0.4, -0.2) is 34.7 Å². The lowest BCUT2D eigenvalue weighted by Crippen LogP contribution is -2.37. The Labute approximate surface area is 101 Å². The average Bonchev–Trinajstić information content (AvgIpc) is 2.31. The van der Waals surface area contributed by atoms with Gasteiger partial charge < -0.3 is 15.5 Å². The molecule has 3 N–H and O–H groups in total. The Balaban J connectivity index is 2.85. The first-order valence-corrected chi connectivity index (χ1v) is 4.98. The van der Waals surface area contributed by atoms with Gasteiger partial charge in [0, 0.05) is 0 Å². The van der Waals surface area contributed by atoms with Gasteiger partial charge in [0.05, 0.1) is 6.54 Å². The first kappa shape index (κ1) is 14.0. The maximum absolute atomic E-state index is 13.5. The maximum atomic E-state index is 13.5. The van der Waals surface area contributed by atoms with E-state index in [0.29, 0.717) is 0 Å². The zero-order valence-electron chi connectivity index (χ0n) is 9.41. The van der Waals surface area contributed by atoms with Gasteiger partial charge in [0.1, 0.15) is 17.2 Å². The smallest absolute Gasteiger partial charge is 0.334 e. The predicted octanol–water partition coefficient (Wildman–Crippen LogP) is 0.449. The second kappa shape index (κ2) is 5.54. The Morgan fingerprint density at radius 2 is 2.00 bits per heavy atom. The number of rotatable bonds is 4. The summed E-state index contributed by atoms with van der Waals surface area (Å²) in [5.74, 6) is -4.73. The molecule has 98 valence electrons. The average molecular weight is 259 g/mol. The van der Waals surface area contributed by atoms with Crippen LogP contribution >= 0.6 is 0 Å². The molecule has 0 saturated heterocycles. The molecule has 1 rings (SSSR count). The van der Waals surface area contributed by atoms with E-state index in [4.69, 9.17) is 10.2 Å². The summed E-state index contributed by atoms with van der Waals surface area (Å²) in [6, 6.07) is 2.11. The molecule has 0 spiro atoms. The highest BCUT2D eigenvalue weighted by Gasteiger charge is 2.21. The number of carbonyl (C=O) groups is 2. The van der Waals surface area contributed by atoms with Crippen molar-refractivity contribution in [3.05, 3.63) is 34.9 Å². The third kappa shape index (κ3) is 3.01. The molecule has 0 aliphatic carbocycles. The van der Waals surface area contributed by atoms with Gasteiger partial charge in [-0.25, -0.2) is 13.6 Å². The van der Waals surface area contributed by atoms with Crippen LogP contribution in [0.1, 0.15) is 15.9 Å². The quantitative estimate of drug-likeness (QED) is 0.732. The topological polar surface area (TPSA) is 86.6 Å². The molecule has 0 aliphatic heterocycles. The molecule has 0 aromatic heterocycles. The Morgan fingerprint density at radius 3 is 2.56 bits per heavy atom. The zero-order chi connectivity index (χ0) is 13.9.